The van der Waals surface area contributed by atoms with Gasteiger partial charge in [-0.25, -0.2) is 9.37 Å². The molecule has 0 spiro atoms. The third-order valence-corrected chi connectivity index (χ3v) is 5.64. The molecule has 118 valence electrons. The molecule has 0 aliphatic carbocycles. The van der Waals surface area contributed by atoms with Crippen LogP contribution in [0.3, 0.4) is 0 Å². The van der Waals surface area contributed by atoms with E-state index in [-0.39, 0.29) is 17.6 Å². The van der Waals surface area contributed by atoms with E-state index < -0.39 is 0 Å². The highest BCUT2D eigenvalue weighted by molar-refractivity contribution is 7.19. The van der Waals surface area contributed by atoms with Crippen molar-refractivity contribution in [3.8, 4) is 0 Å². The standard InChI is InChI=1S/C17H16FN3OS/c1-11-15(23-17-19-6-8-21(11)17)16(22)20-7-5-13(10-20)12-3-2-4-14(18)9-12/h2-4,6,8-9,13H,5,7,10H2,1H3. The van der Waals surface area contributed by atoms with Gasteiger partial charge in [-0.2, -0.15) is 0 Å². The topological polar surface area (TPSA) is 37.6 Å². The monoisotopic (exact) mass is 329 g/mol. The summed E-state index contributed by atoms with van der Waals surface area (Å²) >= 11 is 1.43. The Kier molecular flexibility index (Phi) is 3.41. The molecular formula is C17H16FN3OS. The molecular weight excluding hydrogens is 313 g/mol. The first-order valence-corrected chi connectivity index (χ1v) is 8.42. The van der Waals surface area contributed by atoms with Crippen molar-refractivity contribution in [2.45, 2.75) is 19.3 Å². The van der Waals surface area contributed by atoms with Crippen molar-refractivity contribution < 1.29 is 9.18 Å². The first-order valence-electron chi connectivity index (χ1n) is 7.60. The summed E-state index contributed by atoms with van der Waals surface area (Å²) in [6.07, 6.45) is 4.48. The maximum absolute atomic E-state index is 13.4. The van der Waals surface area contributed by atoms with Crippen molar-refractivity contribution in [3.05, 3.63) is 58.6 Å². The molecule has 1 aliphatic heterocycles. The normalized spacial score (nSPS) is 18.0. The smallest absolute Gasteiger partial charge is 0.265 e. The molecule has 1 atom stereocenters. The fraction of sp³-hybridized carbons (Fsp3) is 0.294. The quantitative estimate of drug-likeness (QED) is 0.722. The summed E-state index contributed by atoms with van der Waals surface area (Å²) < 4.78 is 15.3. The van der Waals surface area contributed by atoms with Crippen molar-refractivity contribution in [3.63, 3.8) is 0 Å². The van der Waals surface area contributed by atoms with Crippen LogP contribution in [0.1, 0.15) is 33.3 Å². The van der Waals surface area contributed by atoms with Crippen LogP contribution >= 0.6 is 11.3 Å². The summed E-state index contributed by atoms with van der Waals surface area (Å²) in [5, 5.41) is 0. The lowest BCUT2D eigenvalue weighted by Gasteiger charge is -2.16. The Balaban J connectivity index is 1.56. The van der Waals surface area contributed by atoms with Crippen LogP contribution in [0.5, 0.6) is 0 Å². The number of imidazole rings is 1. The van der Waals surface area contributed by atoms with Crippen LogP contribution < -0.4 is 0 Å². The van der Waals surface area contributed by atoms with E-state index in [9.17, 15) is 9.18 Å². The Morgan fingerprint density at radius 3 is 3.09 bits per heavy atom. The van der Waals surface area contributed by atoms with Crippen LogP contribution in [0.25, 0.3) is 4.96 Å². The molecule has 1 fully saturated rings. The van der Waals surface area contributed by atoms with Gasteiger partial charge in [0, 0.05) is 37.1 Å². The van der Waals surface area contributed by atoms with E-state index >= 15 is 0 Å². The highest BCUT2D eigenvalue weighted by Gasteiger charge is 2.30. The Morgan fingerprint density at radius 2 is 2.30 bits per heavy atom. The SMILES string of the molecule is Cc1c(C(=O)N2CCC(c3cccc(F)c3)C2)sc2nccn12. The lowest BCUT2D eigenvalue weighted by atomic mass is 9.98. The van der Waals surface area contributed by atoms with Gasteiger partial charge >= 0.3 is 0 Å². The zero-order valence-corrected chi connectivity index (χ0v) is 13.5. The minimum absolute atomic E-state index is 0.0527. The molecule has 0 N–H and O–H groups in total. The average Bonchev–Trinajstić information content (AvgIpc) is 3.24. The van der Waals surface area contributed by atoms with E-state index in [1.807, 2.05) is 28.5 Å². The maximum Gasteiger partial charge on any atom is 0.265 e. The van der Waals surface area contributed by atoms with Crippen molar-refractivity contribution in [2.75, 3.05) is 13.1 Å². The number of benzene rings is 1. The maximum atomic E-state index is 13.4. The molecule has 1 amide bonds. The third-order valence-electron chi connectivity index (χ3n) is 4.48. The molecule has 1 unspecified atom stereocenters. The summed E-state index contributed by atoms with van der Waals surface area (Å²) in [4.78, 5) is 20.5. The molecule has 1 aliphatic rings. The summed E-state index contributed by atoms with van der Waals surface area (Å²) in [7, 11) is 0. The van der Waals surface area contributed by atoms with Crippen molar-refractivity contribution in [2.24, 2.45) is 0 Å². The van der Waals surface area contributed by atoms with Crippen LogP contribution in [0.2, 0.25) is 0 Å². The van der Waals surface area contributed by atoms with Gasteiger partial charge < -0.3 is 4.90 Å². The lowest BCUT2D eigenvalue weighted by molar-refractivity contribution is 0.0794. The number of thiazole rings is 1. The minimum Gasteiger partial charge on any atom is -0.337 e. The van der Waals surface area contributed by atoms with E-state index in [2.05, 4.69) is 4.98 Å². The lowest BCUT2D eigenvalue weighted by Crippen LogP contribution is -2.28. The predicted molar refractivity (Wildman–Crippen MR) is 87.5 cm³/mol. The van der Waals surface area contributed by atoms with Gasteiger partial charge in [0.1, 0.15) is 10.7 Å². The van der Waals surface area contributed by atoms with Crippen molar-refractivity contribution in [1.29, 1.82) is 0 Å². The second kappa shape index (κ2) is 5.45. The molecule has 0 radical (unpaired) electrons. The molecule has 1 saturated heterocycles. The average molecular weight is 329 g/mol. The predicted octanol–water partition coefficient (Wildman–Crippen LogP) is 3.47. The van der Waals surface area contributed by atoms with Gasteiger partial charge in [-0.3, -0.25) is 9.20 Å². The summed E-state index contributed by atoms with van der Waals surface area (Å²) in [6, 6.07) is 6.69. The van der Waals surface area contributed by atoms with Crippen LogP contribution in [-0.2, 0) is 0 Å². The number of hydrogen-bond acceptors (Lipinski definition) is 3. The van der Waals surface area contributed by atoms with Gasteiger partial charge in [0.15, 0.2) is 4.96 Å². The molecule has 4 rings (SSSR count). The van der Waals surface area contributed by atoms with Crippen LogP contribution in [0.4, 0.5) is 4.39 Å². The number of likely N-dealkylation sites (tertiary alicyclic amines) is 1. The molecule has 0 bridgehead atoms. The van der Waals surface area contributed by atoms with E-state index in [0.717, 1.165) is 27.5 Å². The molecule has 6 heteroatoms. The van der Waals surface area contributed by atoms with Crippen LogP contribution in [0, 0.1) is 12.7 Å². The van der Waals surface area contributed by atoms with Gasteiger partial charge in [0.25, 0.3) is 5.91 Å². The van der Waals surface area contributed by atoms with Crippen molar-refractivity contribution in [1.82, 2.24) is 14.3 Å². The van der Waals surface area contributed by atoms with E-state index in [4.69, 9.17) is 0 Å². The fourth-order valence-corrected chi connectivity index (χ4v) is 4.27. The van der Waals surface area contributed by atoms with Gasteiger partial charge in [-0.05, 0) is 31.0 Å². The first-order chi connectivity index (χ1) is 11.1. The second-order valence-corrected chi connectivity index (χ2v) is 6.87. The molecule has 3 aromatic rings. The number of aryl methyl sites for hydroxylation is 1. The number of rotatable bonds is 2. The Morgan fingerprint density at radius 1 is 1.43 bits per heavy atom. The van der Waals surface area contributed by atoms with Crippen LogP contribution in [-0.4, -0.2) is 33.3 Å². The third kappa shape index (κ3) is 2.43. The molecule has 3 heterocycles. The number of hydrogen-bond donors (Lipinski definition) is 0. The zero-order valence-electron chi connectivity index (χ0n) is 12.7. The highest BCUT2D eigenvalue weighted by atomic mass is 32.1. The molecule has 4 nitrogen and oxygen atoms in total. The molecule has 0 saturated carbocycles. The van der Waals surface area contributed by atoms with Gasteiger partial charge in [0.05, 0.1) is 0 Å². The minimum atomic E-state index is -0.220. The number of halogens is 1. The van der Waals surface area contributed by atoms with Crippen LogP contribution in [0.15, 0.2) is 36.7 Å². The number of amides is 1. The number of carbonyl (C=O) groups excluding carboxylic acids is 1. The van der Waals surface area contributed by atoms with E-state index in [1.165, 1.54) is 17.4 Å². The first kappa shape index (κ1) is 14.4. The van der Waals surface area contributed by atoms with Gasteiger partial charge in [0.2, 0.25) is 0 Å². The summed E-state index contributed by atoms with van der Waals surface area (Å²) in [6.45, 7) is 3.29. The number of carbonyl (C=O) groups is 1. The second-order valence-electron chi connectivity index (χ2n) is 5.89. The van der Waals surface area contributed by atoms with Gasteiger partial charge in [-0.15, -0.1) is 0 Å². The number of fused-ring (bicyclic) bond motifs is 1. The van der Waals surface area contributed by atoms with Crippen molar-refractivity contribution >= 4 is 22.2 Å². The van der Waals surface area contributed by atoms with Gasteiger partial charge in [-0.1, -0.05) is 23.5 Å². The van der Waals surface area contributed by atoms with E-state index in [0.29, 0.717) is 13.1 Å². The zero-order chi connectivity index (χ0) is 16.0. The Hall–Kier alpha value is -2.21. The molecule has 23 heavy (non-hydrogen) atoms. The largest absolute Gasteiger partial charge is 0.337 e. The highest BCUT2D eigenvalue weighted by Crippen LogP contribution is 2.30. The number of nitrogens with zero attached hydrogens (tertiary/aromatic N) is 3. The Labute approximate surface area is 137 Å². The number of aromatic nitrogens is 2. The molecule has 1 aromatic carbocycles. The Bertz CT molecular complexity index is 885. The summed E-state index contributed by atoms with van der Waals surface area (Å²) in [5.74, 6) is 0.0403. The molecule has 2 aromatic heterocycles. The summed E-state index contributed by atoms with van der Waals surface area (Å²) in [5.41, 5.74) is 1.90. The van der Waals surface area contributed by atoms with E-state index in [1.54, 1.807) is 18.3 Å². The fourth-order valence-electron chi connectivity index (χ4n) is 3.21.